The van der Waals surface area contributed by atoms with E-state index in [1.807, 2.05) is 23.1 Å². The zero-order valence-corrected chi connectivity index (χ0v) is 15.1. The number of rotatable bonds is 7. The van der Waals surface area contributed by atoms with Crippen molar-refractivity contribution >= 4 is 39.0 Å². The largest absolute Gasteiger partial charge is 0.313 e. The highest BCUT2D eigenvalue weighted by Gasteiger charge is 2.10. The molecule has 0 aliphatic rings. The Morgan fingerprint density at radius 1 is 1.30 bits per heavy atom. The van der Waals surface area contributed by atoms with E-state index in [9.17, 15) is 0 Å². The first-order chi connectivity index (χ1) is 9.67. The third-order valence-corrected chi connectivity index (χ3v) is 5.93. The summed E-state index contributed by atoms with van der Waals surface area (Å²) in [6.45, 7) is 5.32. The van der Waals surface area contributed by atoms with Crippen LogP contribution in [-0.4, -0.2) is 18.3 Å². The number of benzene rings is 1. The van der Waals surface area contributed by atoms with Crippen LogP contribution in [0.1, 0.15) is 17.4 Å². The van der Waals surface area contributed by atoms with Gasteiger partial charge >= 0.3 is 0 Å². The van der Waals surface area contributed by atoms with Gasteiger partial charge in [0, 0.05) is 31.4 Å². The van der Waals surface area contributed by atoms with Crippen molar-refractivity contribution in [2.24, 2.45) is 0 Å². The van der Waals surface area contributed by atoms with Crippen molar-refractivity contribution in [3.05, 3.63) is 50.6 Å². The molecule has 0 saturated heterocycles. The third-order valence-electron chi connectivity index (χ3n) is 3.03. The topological polar surface area (TPSA) is 12.0 Å². The van der Waals surface area contributed by atoms with Gasteiger partial charge < -0.3 is 5.32 Å². The van der Waals surface area contributed by atoms with Crippen LogP contribution in [0, 0.1) is 6.92 Å². The second kappa shape index (κ2) is 8.23. The molecule has 0 amide bonds. The maximum atomic E-state index is 3.59. The summed E-state index contributed by atoms with van der Waals surface area (Å²) >= 11 is 7.29. The molecule has 0 radical (unpaired) electrons. The maximum absolute atomic E-state index is 3.59. The zero-order chi connectivity index (χ0) is 14.4. The van der Waals surface area contributed by atoms with Crippen molar-refractivity contribution in [1.82, 2.24) is 5.32 Å². The van der Waals surface area contributed by atoms with Gasteiger partial charge in [0.2, 0.25) is 0 Å². The Hall–Kier alpha value is -0.290. The fourth-order valence-electron chi connectivity index (χ4n) is 2.01. The van der Waals surface area contributed by atoms with Gasteiger partial charge in [-0.1, -0.05) is 24.6 Å². The first kappa shape index (κ1) is 16.1. The quantitative estimate of drug-likeness (QED) is 0.678. The van der Waals surface area contributed by atoms with E-state index in [0.29, 0.717) is 6.04 Å². The normalized spacial score (nSPS) is 12.6. The predicted octanol–water partition coefficient (Wildman–Crippen LogP) is 5.13. The van der Waals surface area contributed by atoms with Gasteiger partial charge in [0.05, 0.1) is 0 Å². The van der Waals surface area contributed by atoms with Gasteiger partial charge in [-0.15, -0.1) is 23.1 Å². The molecule has 2 aromatic rings. The molecule has 0 bridgehead atoms. The standard InChI is InChI=1S/C16H20BrNS2/c1-3-18-14(9-16-8-13(17)10-19-16)11-20-15-6-4-12(2)5-7-15/h4-8,10,14,18H,3,9,11H2,1-2H3. The molecule has 0 saturated carbocycles. The third kappa shape index (κ3) is 5.24. The molecule has 108 valence electrons. The highest BCUT2D eigenvalue weighted by atomic mass is 79.9. The van der Waals surface area contributed by atoms with Crippen molar-refractivity contribution in [1.29, 1.82) is 0 Å². The van der Waals surface area contributed by atoms with Gasteiger partial charge in [0.25, 0.3) is 0 Å². The minimum absolute atomic E-state index is 0.525. The van der Waals surface area contributed by atoms with Gasteiger partial charge in [-0.05, 0) is 54.0 Å². The first-order valence-corrected chi connectivity index (χ1v) is 9.49. The molecule has 0 spiro atoms. The molecule has 1 aromatic heterocycles. The predicted molar refractivity (Wildman–Crippen MR) is 95.1 cm³/mol. The van der Waals surface area contributed by atoms with Crippen molar-refractivity contribution in [2.75, 3.05) is 12.3 Å². The average molecular weight is 370 g/mol. The Balaban J connectivity index is 1.90. The van der Waals surface area contributed by atoms with Crippen LogP contribution in [0.3, 0.4) is 0 Å². The van der Waals surface area contributed by atoms with Gasteiger partial charge in [0.1, 0.15) is 0 Å². The van der Waals surface area contributed by atoms with Crippen LogP contribution in [0.5, 0.6) is 0 Å². The van der Waals surface area contributed by atoms with Gasteiger partial charge in [-0.2, -0.15) is 0 Å². The van der Waals surface area contributed by atoms with Crippen LogP contribution in [0.2, 0.25) is 0 Å². The average Bonchev–Trinajstić information content (AvgIpc) is 2.83. The van der Waals surface area contributed by atoms with Gasteiger partial charge in [-0.3, -0.25) is 0 Å². The summed E-state index contributed by atoms with van der Waals surface area (Å²) < 4.78 is 1.19. The lowest BCUT2D eigenvalue weighted by Gasteiger charge is -2.16. The molecule has 0 fully saturated rings. The van der Waals surface area contributed by atoms with Crippen LogP contribution in [0.4, 0.5) is 0 Å². The number of halogens is 1. The fourth-order valence-corrected chi connectivity index (χ4v) is 4.50. The van der Waals surface area contributed by atoms with Crippen molar-refractivity contribution in [3.8, 4) is 0 Å². The van der Waals surface area contributed by atoms with Crippen LogP contribution >= 0.6 is 39.0 Å². The Labute approximate surface area is 138 Å². The zero-order valence-electron chi connectivity index (χ0n) is 11.9. The lowest BCUT2D eigenvalue weighted by atomic mass is 10.2. The SMILES string of the molecule is CCNC(CSc1ccc(C)cc1)Cc1cc(Br)cs1. The monoisotopic (exact) mass is 369 g/mol. The van der Waals surface area contributed by atoms with Crippen molar-refractivity contribution < 1.29 is 0 Å². The molecule has 0 aliphatic heterocycles. The Morgan fingerprint density at radius 2 is 2.05 bits per heavy atom. The highest BCUT2D eigenvalue weighted by Crippen LogP contribution is 2.24. The molecule has 1 atom stereocenters. The summed E-state index contributed by atoms with van der Waals surface area (Å²) in [5, 5.41) is 5.75. The summed E-state index contributed by atoms with van der Waals surface area (Å²) in [7, 11) is 0. The van der Waals surface area contributed by atoms with Crippen LogP contribution in [0.15, 0.2) is 45.1 Å². The lowest BCUT2D eigenvalue weighted by Crippen LogP contribution is -2.32. The molecular formula is C16H20BrNS2. The summed E-state index contributed by atoms with van der Waals surface area (Å²) in [5.74, 6) is 1.10. The molecule has 4 heteroatoms. The van der Waals surface area contributed by atoms with Crippen LogP contribution < -0.4 is 5.32 Å². The summed E-state index contributed by atoms with van der Waals surface area (Å²) in [5.41, 5.74) is 1.32. The van der Waals surface area contributed by atoms with E-state index in [1.165, 1.54) is 19.8 Å². The molecule has 1 N–H and O–H groups in total. The molecule has 1 nitrogen and oxygen atoms in total. The Bertz CT molecular complexity index is 522. The number of likely N-dealkylation sites (N-methyl/N-ethyl adjacent to an activating group) is 1. The van der Waals surface area contributed by atoms with E-state index in [2.05, 4.69) is 70.8 Å². The van der Waals surface area contributed by atoms with E-state index in [0.717, 1.165) is 18.7 Å². The van der Waals surface area contributed by atoms with E-state index in [4.69, 9.17) is 0 Å². The smallest absolute Gasteiger partial charge is 0.0285 e. The maximum Gasteiger partial charge on any atom is 0.0285 e. The summed E-state index contributed by atoms with van der Waals surface area (Å²) in [6, 6.07) is 11.5. The minimum atomic E-state index is 0.525. The summed E-state index contributed by atoms with van der Waals surface area (Å²) in [6.07, 6.45) is 1.10. The van der Waals surface area contributed by atoms with Gasteiger partial charge in [0.15, 0.2) is 0 Å². The number of thiophene rings is 1. The lowest BCUT2D eigenvalue weighted by molar-refractivity contribution is 0.576. The highest BCUT2D eigenvalue weighted by molar-refractivity contribution is 9.10. The van der Waals surface area contributed by atoms with Crippen LogP contribution in [-0.2, 0) is 6.42 Å². The first-order valence-electron chi connectivity index (χ1n) is 6.83. The number of thioether (sulfide) groups is 1. The van der Waals surface area contributed by atoms with E-state index >= 15 is 0 Å². The molecular weight excluding hydrogens is 350 g/mol. The van der Waals surface area contributed by atoms with Gasteiger partial charge in [-0.25, -0.2) is 0 Å². The number of aryl methyl sites for hydroxylation is 1. The fraction of sp³-hybridized carbons (Fsp3) is 0.375. The molecule has 1 heterocycles. The number of hydrogen-bond acceptors (Lipinski definition) is 3. The van der Waals surface area contributed by atoms with Crippen LogP contribution in [0.25, 0.3) is 0 Å². The van der Waals surface area contributed by atoms with E-state index in [1.54, 1.807) is 0 Å². The second-order valence-electron chi connectivity index (χ2n) is 4.81. The molecule has 0 aliphatic carbocycles. The Morgan fingerprint density at radius 3 is 2.65 bits per heavy atom. The summed E-state index contributed by atoms with van der Waals surface area (Å²) in [4.78, 5) is 2.79. The van der Waals surface area contributed by atoms with E-state index in [-0.39, 0.29) is 0 Å². The molecule has 2 rings (SSSR count). The minimum Gasteiger partial charge on any atom is -0.313 e. The number of nitrogens with one attached hydrogen (secondary N) is 1. The molecule has 1 unspecified atom stereocenters. The van der Waals surface area contributed by atoms with E-state index < -0.39 is 0 Å². The molecule has 1 aromatic carbocycles. The Kier molecular flexibility index (Phi) is 6.62. The van der Waals surface area contributed by atoms with Crippen molar-refractivity contribution in [2.45, 2.75) is 31.2 Å². The molecule has 20 heavy (non-hydrogen) atoms. The number of hydrogen-bond donors (Lipinski definition) is 1. The second-order valence-corrected chi connectivity index (χ2v) is 7.82. The van der Waals surface area contributed by atoms with Crippen molar-refractivity contribution in [3.63, 3.8) is 0 Å².